The third-order valence-corrected chi connectivity index (χ3v) is 15.9. The Balaban J connectivity index is 2.17. The first-order valence-corrected chi connectivity index (χ1v) is 31.9. The highest BCUT2D eigenvalue weighted by atomic mass is 16.7. The van der Waals surface area contributed by atoms with Crippen molar-refractivity contribution in [1.29, 1.82) is 0 Å². The molecule has 0 aliphatic carbocycles. The van der Waals surface area contributed by atoms with Crippen LogP contribution in [0.5, 0.6) is 0 Å². The van der Waals surface area contributed by atoms with Crippen molar-refractivity contribution in [2.45, 2.75) is 377 Å². The summed E-state index contributed by atoms with van der Waals surface area (Å²) in [5.41, 5.74) is 0. The second-order valence-corrected chi connectivity index (χ2v) is 22.9. The molecule has 1 aliphatic heterocycles. The highest BCUT2D eigenvalue weighted by Gasteiger charge is 2.44. The number of rotatable bonds is 56. The molecule has 0 bridgehead atoms. The Morgan fingerprint density at radius 3 is 1.01 bits per heavy atom. The van der Waals surface area contributed by atoms with E-state index in [4.69, 9.17) is 9.47 Å². The molecule has 9 atom stereocenters. The van der Waals surface area contributed by atoms with Gasteiger partial charge in [0.15, 0.2) is 6.29 Å². The van der Waals surface area contributed by atoms with Crippen molar-refractivity contribution in [3.05, 3.63) is 0 Å². The highest BCUT2D eigenvalue weighted by molar-refractivity contribution is 5.80. The molecule has 0 radical (unpaired) electrons. The number of carbonyl (C=O) groups is 1. The zero-order valence-corrected chi connectivity index (χ0v) is 47.9. The van der Waals surface area contributed by atoms with Gasteiger partial charge in [-0.2, -0.15) is 0 Å². The van der Waals surface area contributed by atoms with Gasteiger partial charge in [0.25, 0.3) is 0 Å². The van der Waals surface area contributed by atoms with Gasteiger partial charge in [-0.3, -0.25) is 4.79 Å². The summed E-state index contributed by atoms with van der Waals surface area (Å²) in [6.45, 7) is 3.50. The summed E-state index contributed by atoms with van der Waals surface area (Å²) in [7, 11) is 0. The molecule has 1 aliphatic rings. The van der Waals surface area contributed by atoms with Crippen molar-refractivity contribution in [2.24, 2.45) is 0 Å². The van der Waals surface area contributed by atoms with Gasteiger partial charge in [-0.15, -0.1) is 0 Å². The Kier molecular flexibility index (Phi) is 49.8. The lowest BCUT2D eigenvalue weighted by Gasteiger charge is -2.40. The minimum absolute atomic E-state index is 0.266. The van der Waals surface area contributed by atoms with Gasteiger partial charge < -0.3 is 50.5 Å². The van der Waals surface area contributed by atoms with E-state index in [9.17, 15) is 40.5 Å². The standard InChI is InChI=1S/C62H123NO10/c1-3-5-7-9-11-13-15-17-19-20-21-22-23-24-25-26-27-28-29-30-31-32-33-34-35-36-38-39-41-43-45-47-49-54(65)57(67)53(52-72-62-60(70)59(69)58(68)56(51-64)73-62)63-61(71)55(66)50-48-46-44-42-40-37-18-16-14-12-10-8-6-4-2/h53-60,62,64-70H,3-52H2,1-2H3,(H,63,71). The summed E-state index contributed by atoms with van der Waals surface area (Å²) in [4.78, 5) is 13.2. The van der Waals surface area contributed by atoms with E-state index in [0.29, 0.717) is 19.3 Å². The van der Waals surface area contributed by atoms with Gasteiger partial charge in [0.2, 0.25) is 5.91 Å². The fraction of sp³-hybridized carbons (Fsp3) is 0.984. The van der Waals surface area contributed by atoms with E-state index in [-0.39, 0.29) is 6.42 Å². The zero-order chi connectivity index (χ0) is 53.3. The van der Waals surface area contributed by atoms with Gasteiger partial charge in [-0.1, -0.05) is 309 Å². The van der Waals surface area contributed by atoms with Crippen LogP contribution in [-0.4, -0.2) is 110 Å². The fourth-order valence-electron chi connectivity index (χ4n) is 10.7. The summed E-state index contributed by atoms with van der Waals surface area (Å²) >= 11 is 0. The predicted molar refractivity (Wildman–Crippen MR) is 303 cm³/mol. The van der Waals surface area contributed by atoms with Crippen molar-refractivity contribution in [2.75, 3.05) is 13.2 Å². The second-order valence-electron chi connectivity index (χ2n) is 22.9. The molecule has 1 amide bonds. The molecule has 0 saturated carbocycles. The summed E-state index contributed by atoms with van der Waals surface area (Å²) in [5, 5.41) is 76.2. The normalized spacial score (nSPS) is 19.8. The highest BCUT2D eigenvalue weighted by Crippen LogP contribution is 2.24. The van der Waals surface area contributed by atoms with Crippen molar-refractivity contribution >= 4 is 5.91 Å². The van der Waals surface area contributed by atoms with Gasteiger partial charge in [-0.05, 0) is 12.8 Å². The Labute approximate surface area is 449 Å². The average Bonchev–Trinajstić information content (AvgIpc) is 3.39. The molecular formula is C62H123NO10. The lowest BCUT2D eigenvalue weighted by molar-refractivity contribution is -0.303. The van der Waals surface area contributed by atoms with Crippen LogP contribution in [0.4, 0.5) is 0 Å². The van der Waals surface area contributed by atoms with Gasteiger partial charge in [0.1, 0.15) is 36.6 Å². The average molecular weight is 1040 g/mol. The summed E-state index contributed by atoms with van der Waals surface area (Å²) in [6.07, 6.45) is 49.0. The van der Waals surface area contributed by atoms with Crippen LogP contribution in [0.1, 0.15) is 322 Å². The molecule has 8 N–H and O–H groups in total. The van der Waals surface area contributed by atoms with Crippen molar-refractivity contribution in [3.63, 3.8) is 0 Å². The minimum atomic E-state index is -1.66. The molecule has 1 fully saturated rings. The first-order chi connectivity index (χ1) is 35.7. The Bertz CT molecular complexity index is 1150. The van der Waals surface area contributed by atoms with E-state index in [0.717, 1.165) is 38.5 Å². The first-order valence-electron chi connectivity index (χ1n) is 31.9. The molecule has 73 heavy (non-hydrogen) atoms. The number of nitrogens with one attached hydrogen (secondary N) is 1. The maximum absolute atomic E-state index is 13.2. The molecule has 1 heterocycles. The molecule has 0 spiro atoms. The number of amides is 1. The topological polar surface area (TPSA) is 189 Å². The number of carbonyl (C=O) groups excluding carboxylic acids is 1. The molecule has 11 heteroatoms. The van der Waals surface area contributed by atoms with Crippen molar-refractivity contribution < 1.29 is 50.0 Å². The molecule has 0 aromatic rings. The molecule has 11 nitrogen and oxygen atoms in total. The lowest BCUT2D eigenvalue weighted by Crippen LogP contribution is -2.60. The molecular weight excluding hydrogens is 919 g/mol. The number of aliphatic hydroxyl groups excluding tert-OH is 7. The Morgan fingerprint density at radius 2 is 0.712 bits per heavy atom. The molecule has 0 aromatic carbocycles. The third kappa shape index (κ3) is 40.0. The van der Waals surface area contributed by atoms with Crippen LogP contribution in [0.25, 0.3) is 0 Å². The van der Waals surface area contributed by atoms with Crippen LogP contribution in [-0.2, 0) is 14.3 Å². The van der Waals surface area contributed by atoms with Crippen molar-refractivity contribution in [1.82, 2.24) is 5.32 Å². The molecule has 436 valence electrons. The monoisotopic (exact) mass is 1040 g/mol. The maximum Gasteiger partial charge on any atom is 0.249 e. The van der Waals surface area contributed by atoms with E-state index in [1.807, 2.05) is 0 Å². The van der Waals surface area contributed by atoms with Gasteiger partial charge >= 0.3 is 0 Å². The quantitative estimate of drug-likeness (QED) is 0.0272. The number of hydrogen-bond donors (Lipinski definition) is 8. The largest absolute Gasteiger partial charge is 0.394 e. The number of aliphatic hydroxyl groups is 7. The van der Waals surface area contributed by atoms with Gasteiger partial charge in [-0.25, -0.2) is 0 Å². The van der Waals surface area contributed by atoms with Crippen LogP contribution in [0.3, 0.4) is 0 Å². The Morgan fingerprint density at radius 1 is 0.425 bits per heavy atom. The van der Waals surface area contributed by atoms with Crippen molar-refractivity contribution in [3.8, 4) is 0 Å². The summed E-state index contributed by atoms with van der Waals surface area (Å²) in [6, 6.07) is -1.16. The molecule has 1 rings (SSSR count). The number of unbranched alkanes of at least 4 members (excludes halogenated alkanes) is 44. The lowest BCUT2D eigenvalue weighted by atomic mass is 9.98. The maximum atomic E-state index is 13.2. The van der Waals surface area contributed by atoms with Crippen LogP contribution >= 0.6 is 0 Å². The Hall–Kier alpha value is -0.890. The molecule has 9 unspecified atom stereocenters. The molecule has 0 aromatic heterocycles. The van der Waals surface area contributed by atoms with Crippen LogP contribution < -0.4 is 5.32 Å². The number of ether oxygens (including phenoxy) is 2. The predicted octanol–water partition coefficient (Wildman–Crippen LogP) is 14.1. The third-order valence-electron chi connectivity index (χ3n) is 15.9. The van der Waals surface area contributed by atoms with E-state index < -0.39 is 74.2 Å². The van der Waals surface area contributed by atoms with Crippen LogP contribution in [0.15, 0.2) is 0 Å². The van der Waals surface area contributed by atoms with E-state index in [2.05, 4.69) is 19.2 Å². The minimum Gasteiger partial charge on any atom is -0.394 e. The van der Waals surface area contributed by atoms with Crippen LogP contribution in [0.2, 0.25) is 0 Å². The van der Waals surface area contributed by atoms with Gasteiger partial charge in [0, 0.05) is 0 Å². The van der Waals surface area contributed by atoms with E-state index in [1.165, 1.54) is 244 Å². The fourth-order valence-corrected chi connectivity index (χ4v) is 10.7. The number of hydrogen-bond acceptors (Lipinski definition) is 10. The molecule has 1 saturated heterocycles. The second kappa shape index (κ2) is 51.8. The van der Waals surface area contributed by atoms with Crippen LogP contribution in [0, 0.1) is 0 Å². The summed E-state index contributed by atoms with van der Waals surface area (Å²) < 4.78 is 11.2. The smallest absolute Gasteiger partial charge is 0.249 e. The van der Waals surface area contributed by atoms with E-state index >= 15 is 0 Å². The summed E-state index contributed by atoms with van der Waals surface area (Å²) in [5.74, 6) is -0.690. The first kappa shape index (κ1) is 70.1. The van der Waals surface area contributed by atoms with Gasteiger partial charge in [0.05, 0.1) is 25.4 Å². The SMILES string of the molecule is CCCCCCCCCCCCCCCCCCCCCCCCCCCCCCCCCCC(O)C(O)C(COC1OC(CO)C(O)C(O)C1O)NC(=O)C(O)CCCCCCCCCCCCCCCC. The van der Waals surface area contributed by atoms with E-state index in [1.54, 1.807) is 0 Å². The zero-order valence-electron chi connectivity index (χ0n) is 47.9.